The second-order valence-electron chi connectivity index (χ2n) is 3.75. The molecule has 0 aliphatic heterocycles. The molecule has 0 aliphatic carbocycles. The number of hydrogen-bond acceptors (Lipinski definition) is 1. The molecule has 17 heavy (non-hydrogen) atoms. The molecule has 2 aromatic rings. The monoisotopic (exact) mass is 230 g/mol. The van der Waals surface area contributed by atoms with Crippen LogP contribution < -0.4 is 4.73 Å². The van der Waals surface area contributed by atoms with Gasteiger partial charge in [-0.2, -0.15) is 0 Å². The fraction of sp³-hybridized carbons (Fsp3) is 0.267. The quantitative estimate of drug-likeness (QED) is 0.588. The van der Waals surface area contributed by atoms with E-state index < -0.39 is 0 Å². The van der Waals surface area contributed by atoms with Gasteiger partial charge in [0.15, 0.2) is 0 Å². The van der Waals surface area contributed by atoms with Gasteiger partial charge in [0, 0.05) is 16.4 Å². The standard InChI is InChI=1S/C13H14NO.C2H6/c1-10-5-3-7-12(9-10)13-11(2)6-4-8-14(13)15;1-2/h3-9,15H,1-2H3;1-2H3/q+1;. The Hall–Kier alpha value is -1.83. The Labute approximate surface area is 103 Å². The zero-order chi connectivity index (χ0) is 12.8. The van der Waals surface area contributed by atoms with Crippen molar-refractivity contribution >= 4 is 0 Å². The lowest BCUT2D eigenvalue weighted by molar-refractivity contribution is -0.896. The normalized spacial score (nSPS) is 9.41. The lowest BCUT2D eigenvalue weighted by atomic mass is 10.0. The number of nitrogens with zero attached hydrogens (tertiary/aromatic N) is 1. The average molecular weight is 230 g/mol. The van der Waals surface area contributed by atoms with E-state index in [9.17, 15) is 5.21 Å². The predicted octanol–water partition coefficient (Wildman–Crippen LogP) is 3.52. The number of hydrogen-bond donors (Lipinski definition) is 1. The molecule has 1 aromatic heterocycles. The highest BCUT2D eigenvalue weighted by molar-refractivity contribution is 5.60. The van der Waals surface area contributed by atoms with Crippen LogP contribution in [0.2, 0.25) is 0 Å². The molecule has 1 heterocycles. The van der Waals surface area contributed by atoms with E-state index in [1.807, 2.05) is 58.0 Å². The van der Waals surface area contributed by atoms with Crippen LogP contribution in [-0.2, 0) is 0 Å². The Morgan fingerprint density at radius 2 is 1.71 bits per heavy atom. The summed E-state index contributed by atoms with van der Waals surface area (Å²) in [5.74, 6) is 0. The predicted molar refractivity (Wildman–Crippen MR) is 70.1 cm³/mol. The highest BCUT2D eigenvalue weighted by Crippen LogP contribution is 2.19. The van der Waals surface area contributed by atoms with E-state index in [-0.39, 0.29) is 0 Å². The van der Waals surface area contributed by atoms with Gasteiger partial charge in [0.2, 0.25) is 6.20 Å². The lowest BCUT2D eigenvalue weighted by Gasteiger charge is -2.01. The van der Waals surface area contributed by atoms with Crippen molar-refractivity contribution in [1.82, 2.24) is 0 Å². The molecule has 2 heteroatoms. The van der Waals surface area contributed by atoms with Gasteiger partial charge in [0.05, 0.1) is 5.56 Å². The summed E-state index contributed by atoms with van der Waals surface area (Å²) in [5, 5.41) is 9.75. The third-order valence-corrected chi connectivity index (χ3v) is 2.47. The van der Waals surface area contributed by atoms with Crippen molar-refractivity contribution in [2.75, 3.05) is 0 Å². The zero-order valence-corrected chi connectivity index (χ0v) is 10.9. The Bertz CT molecular complexity index is 472. The van der Waals surface area contributed by atoms with Crippen LogP contribution >= 0.6 is 0 Å². The van der Waals surface area contributed by atoms with Crippen LogP contribution in [0.4, 0.5) is 0 Å². The molecule has 0 saturated heterocycles. The molecule has 0 radical (unpaired) electrons. The summed E-state index contributed by atoms with van der Waals surface area (Å²) in [5.41, 5.74) is 4.14. The lowest BCUT2D eigenvalue weighted by Crippen LogP contribution is -2.32. The highest BCUT2D eigenvalue weighted by atomic mass is 16.5. The molecule has 2 nitrogen and oxygen atoms in total. The van der Waals surface area contributed by atoms with Crippen molar-refractivity contribution in [3.63, 3.8) is 0 Å². The molecule has 0 aliphatic rings. The second kappa shape index (κ2) is 6.04. The van der Waals surface area contributed by atoms with Crippen molar-refractivity contribution < 1.29 is 9.94 Å². The maximum atomic E-state index is 9.75. The van der Waals surface area contributed by atoms with Crippen LogP contribution in [0.25, 0.3) is 11.3 Å². The van der Waals surface area contributed by atoms with Crippen molar-refractivity contribution in [2.24, 2.45) is 0 Å². The smallest absolute Gasteiger partial charge is 0.267 e. The number of aryl methyl sites for hydroxylation is 2. The molecule has 0 fully saturated rings. The number of pyridine rings is 1. The van der Waals surface area contributed by atoms with E-state index >= 15 is 0 Å². The van der Waals surface area contributed by atoms with Crippen LogP contribution in [-0.4, -0.2) is 5.21 Å². The minimum absolute atomic E-state index is 0.848. The second-order valence-corrected chi connectivity index (χ2v) is 3.75. The number of aromatic nitrogens is 1. The maximum absolute atomic E-state index is 9.75. The van der Waals surface area contributed by atoms with Crippen molar-refractivity contribution in [3.05, 3.63) is 53.7 Å². The van der Waals surface area contributed by atoms with Gasteiger partial charge < -0.3 is 0 Å². The SMILES string of the molecule is CC.Cc1cccc(-c2c(C)ccc[n+]2O)c1. The van der Waals surface area contributed by atoms with E-state index in [2.05, 4.69) is 6.07 Å². The van der Waals surface area contributed by atoms with E-state index in [1.54, 1.807) is 6.20 Å². The minimum Gasteiger partial charge on any atom is -0.285 e. The van der Waals surface area contributed by atoms with E-state index in [0.717, 1.165) is 16.8 Å². The molecule has 1 N–H and O–H groups in total. The van der Waals surface area contributed by atoms with Gasteiger partial charge in [-0.1, -0.05) is 31.5 Å². The summed E-state index contributed by atoms with van der Waals surface area (Å²) in [7, 11) is 0. The molecular weight excluding hydrogens is 210 g/mol. The highest BCUT2D eigenvalue weighted by Gasteiger charge is 2.15. The topological polar surface area (TPSA) is 24.1 Å². The summed E-state index contributed by atoms with van der Waals surface area (Å²) in [6.07, 6.45) is 1.64. The van der Waals surface area contributed by atoms with Gasteiger partial charge in [-0.05, 0) is 32.0 Å². The van der Waals surface area contributed by atoms with Gasteiger partial charge in [0.25, 0.3) is 5.69 Å². The molecule has 90 valence electrons. The van der Waals surface area contributed by atoms with Gasteiger partial charge in [0.1, 0.15) is 0 Å². The molecule has 0 bridgehead atoms. The first-order valence-electron chi connectivity index (χ1n) is 5.96. The number of benzene rings is 1. The van der Waals surface area contributed by atoms with Gasteiger partial charge in [-0.15, -0.1) is 0 Å². The van der Waals surface area contributed by atoms with Crippen LogP contribution in [0, 0.1) is 13.8 Å². The fourth-order valence-corrected chi connectivity index (χ4v) is 1.76. The minimum atomic E-state index is 0.848. The fourth-order valence-electron chi connectivity index (χ4n) is 1.76. The molecule has 0 amide bonds. The molecular formula is C15H20NO+. The van der Waals surface area contributed by atoms with Crippen molar-refractivity contribution in [2.45, 2.75) is 27.7 Å². The van der Waals surface area contributed by atoms with E-state index in [0.29, 0.717) is 0 Å². The Balaban J connectivity index is 0.000000686. The molecule has 0 spiro atoms. The summed E-state index contributed by atoms with van der Waals surface area (Å²) in [4.78, 5) is 0. The van der Waals surface area contributed by atoms with Crippen molar-refractivity contribution in [3.8, 4) is 11.3 Å². The summed E-state index contributed by atoms with van der Waals surface area (Å²) in [6, 6.07) is 11.9. The molecule has 0 unspecified atom stereocenters. The first kappa shape index (κ1) is 13.2. The van der Waals surface area contributed by atoms with Crippen LogP contribution in [0.3, 0.4) is 0 Å². The Morgan fingerprint density at radius 3 is 2.29 bits per heavy atom. The zero-order valence-electron chi connectivity index (χ0n) is 10.9. The Morgan fingerprint density at radius 1 is 1.00 bits per heavy atom. The van der Waals surface area contributed by atoms with Gasteiger partial charge in [-0.25, -0.2) is 0 Å². The Kier molecular flexibility index (Phi) is 4.70. The number of rotatable bonds is 1. The van der Waals surface area contributed by atoms with E-state index in [1.165, 1.54) is 10.3 Å². The molecule has 2 rings (SSSR count). The maximum Gasteiger partial charge on any atom is 0.267 e. The van der Waals surface area contributed by atoms with Crippen LogP contribution in [0.5, 0.6) is 0 Å². The first-order chi connectivity index (χ1) is 8.18. The molecule has 1 aromatic carbocycles. The van der Waals surface area contributed by atoms with Crippen LogP contribution in [0.1, 0.15) is 25.0 Å². The molecule has 0 saturated carbocycles. The van der Waals surface area contributed by atoms with Gasteiger partial charge in [-0.3, -0.25) is 5.21 Å². The average Bonchev–Trinajstić information content (AvgIpc) is 2.31. The van der Waals surface area contributed by atoms with Crippen LogP contribution in [0.15, 0.2) is 42.6 Å². The van der Waals surface area contributed by atoms with Gasteiger partial charge >= 0.3 is 0 Å². The summed E-state index contributed by atoms with van der Waals surface area (Å²) < 4.78 is 1.17. The summed E-state index contributed by atoms with van der Waals surface area (Å²) >= 11 is 0. The molecule has 0 atom stereocenters. The van der Waals surface area contributed by atoms with E-state index in [4.69, 9.17) is 0 Å². The third-order valence-electron chi connectivity index (χ3n) is 2.47. The first-order valence-corrected chi connectivity index (χ1v) is 5.96. The largest absolute Gasteiger partial charge is 0.285 e. The van der Waals surface area contributed by atoms with Crippen molar-refractivity contribution in [1.29, 1.82) is 0 Å². The summed E-state index contributed by atoms with van der Waals surface area (Å²) in [6.45, 7) is 8.04. The third kappa shape index (κ3) is 3.06.